The van der Waals surface area contributed by atoms with Crippen LogP contribution in [-0.4, -0.2) is 47.7 Å². The van der Waals surface area contributed by atoms with Crippen LogP contribution in [0, 0.1) is 0 Å². The molecule has 0 unspecified atom stereocenters. The molecule has 22 heavy (non-hydrogen) atoms. The average molecular weight is 321 g/mol. The number of nitrogens with zero attached hydrogens (tertiary/aromatic N) is 1. The van der Waals surface area contributed by atoms with Crippen molar-refractivity contribution in [2.24, 2.45) is 0 Å². The van der Waals surface area contributed by atoms with Crippen molar-refractivity contribution < 1.29 is 27.8 Å². The number of halogens is 2. The first-order valence-electron chi connectivity index (χ1n) is 7.68. The summed E-state index contributed by atoms with van der Waals surface area (Å²) in [5.74, 6) is -4.93. The highest BCUT2D eigenvalue weighted by Gasteiger charge is 2.40. The second-order valence-electron chi connectivity index (χ2n) is 6.13. The molecule has 0 saturated carbocycles. The van der Waals surface area contributed by atoms with Crippen molar-refractivity contribution in [3.05, 3.63) is 0 Å². The van der Waals surface area contributed by atoms with E-state index in [1.165, 1.54) is 11.8 Å². The number of hydrogen-bond acceptors (Lipinski definition) is 4. The van der Waals surface area contributed by atoms with E-state index in [2.05, 4.69) is 0 Å². The summed E-state index contributed by atoms with van der Waals surface area (Å²) < 4.78 is 36.5. The third-order valence-corrected chi connectivity index (χ3v) is 3.93. The number of carbonyl (C=O) groups is 2. The first-order valence-corrected chi connectivity index (χ1v) is 7.68. The third kappa shape index (κ3) is 5.10. The predicted molar refractivity (Wildman–Crippen MR) is 76.8 cm³/mol. The number of likely N-dealkylation sites (tertiary alicyclic amines) is 1. The van der Waals surface area contributed by atoms with Crippen LogP contribution in [0.3, 0.4) is 0 Å². The number of rotatable bonds is 5. The van der Waals surface area contributed by atoms with Crippen molar-refractivity contribution in [2.75, 3.05) is 13.1 Å². The minimum atomic E-state index is -3.44. The van der Waals surface area contributed by atoms with Gasteiger partial charge in [0.2, 0.25) is 0 Å². The van der Waals surface area contributed by atoms with E-state index in [1.807, 2.05) is 20.8 Å². The Bertz CT molecular complexity index is 404. The van der Waals surface area contributed by atoms with Gasteiger partial charge in [-0.3, -0.25) is 0 Å². The zero-order valence-corrected chi connectivity index (χ0v) is 13.7. The molecule has 0 bridgehead atoms. The summed E-state index contributed by atoms with van der Waals surface area (Å²) >= 11 is 0. The van der Waals surface area contributed by atoms with E-state index in [0.717, 1.165) is 0 Å². The van der Waals surface area contributed by atoms with Crippen molar-refractivity contribution >= 4 is 12.1 Å². The summed E-state index contributed by atoms with van der Waals surface area (Å²) in [5.41, 5.74) is -0.538. The molecule has 1 rings (SSSR count). The third-order valence-electron chi connectivity index (χ3n) is 3.93. The maximum absolute atomic E-state index is 13.2. The average Bonchev–Trinajstić information content (AvgIpc) is 2.47. The molecule has 1 heterocycles. The SMILES string of the molecule is CCC(C)(C)OC(=O)N1CCC(OC(=O)C(F)(F)CC)CC1. The van der Waals surface area contributed by atoms with Crippen LogP contribution >= 0.6 is 0 Å². The van der Waals surface area contributed by atoms with Gasteiger partial charge in [0.05, 0.1) is 0 Å². The van der Waals surface area contributed by atoms with E-state index in [9.17, 15) is 18.4 Å². The van der Waals surface area contributed by atoms with Crippen LogP contribution in [0.2, 0.25) is 0 Å². The summed E-state index contributed by atoms with van der Waals surface area (Å²) in [6, 6.07) is 0. The summed E-state index contributed by atoms with van der Waals surface area (Å²) in [4.78, 5) is 24.8. The van der Waals surface area contributed by atoms with Crippen LogP contribution in [0.4, 0.5) is 13.6 Å². The Labute approximate surface area is 129 Å². The molecule has 128 valence electrons. The molecule has 0 aromatic rings. The molecule has 0 aromatic carbocycles. The Morgan fingerprint density at radius 1 is 1.14 bits per heavy atom. The highest BCUT2D eigenvalue weighted by atomic mass is 19.3. The van der Waals surface area contributed by atoms with Gasteiger partial charge >= 0.3 is 18.0 Å². The zero-order valence-electron chi connectivity index (χ0n) is 13.7. The summed E-state index contributed by atoms with van der Waals surface area (Å²) in [5, 5.41) is 0. The Balaban J connectivity index is 2.44. The maximum Gasteiger partial charge on any atom is 0.410 e. The van der Waals surface area contributed by atoms with Crippen LogP contribution in [0.15, 0.2) is 0 Å². The van der Waals surface area contributed by atoms with Gasteiger partial charge < -0.3 is 14.4 Å². The second-order valence-corrected chi connectivity index (χ2v) is 6.13. The van der Waals surface area contributed by atoms with Crippen LogP contribution in [0.5, 0.6) is 0 Å². The molecule has 7 heteroatoms. The lowest BCUT2D eigenvalue weighted by Crippen LogP contribution is -2.45. The maximum atomic E-state index is 13.2. The molecule has 1 amide bonds. The zero-order chi connectivity index (χ0) is 17.0. The molecular weight excluding hydrogens is 296 g/mol. The Morgan fingerprint density at radius 2 is 1.68 bits per heavy atom. The van der Waals surface area contributed by atoms with Crippen molar-refractivity contribution in [2.45, 2.75) is 71.0 Å². The predicted octanol–water partition coefficient (Wildman–Crippen LogP) is 3.36. The minimum absolute atomic E-state index is 0.328. The first-order chi connectivity index (χ1) is 10.1. The molecule has 0 radical (unpaired) electrons. The number of hydrogen-bond donors (Lipinski definition) is 0. The summed E-state index contributed by atoms with van der Waals surface area (Å²) in [6.07, 6.45) is -0.203. The van der Waals surface area contributed by atoms with Gasteiger partial charge in [0.1, 0.15) is 11.7 Å². The fourth-order valence-corrected chi connectivity index (χ4v) is 1.91. The van der Waals surface area contributed by atoms with E-state index in [1.54, 1.807) is 0 Å². The first kappa shape index (κ1) is 18.6. The van der Waals surface area contributed by atoms with Gasteiger partial charge in [0, 0.05) is 32.4 Å². The molecule has 0 spiro atoms. The number of piperidine rings is 1. The topological polar surface area (TPSA) is 55.8 Å². The second kappa shape index (κ2) is 7.24. The smallest absolute Gasteiger partial charge is 0.410 e. The Hall–Kier alpha value is -1.40. The van der Waals surface area contributed by atoms with Crippen LogP contribution in [0.1, 0.15) is 53.4 Å². The van der Waals surface area contributed by atoms with Crippen LogP contribution < -0.4 is 0 Å². The highest BCUT2D eigenvalue weighted by molar-refractivity contribution is 5.77. The van der Waals surface area contributed by atoms with Crippen molar-refractivity contribution in [1.29, 1.82) is 0 Å². The van der Waals surface area contributed by atoms with Crippen LogP contribution in [0.25, 0.3) is 0 Å². The lowest BCUT2D eigenvalue weighted by Gasteiger charge is -2.34. The number of ether oxygens (including phenoxy) is 2. The van der Waals surface area contributed by atoms with E-state index in [-0.39, 0.29) is 0 Å². The summed E-state index contributed by atoms with van der Waals surface area (Å²) in [7, 11) is 0. The molecule has 1 fully saturated rings. The fraction of sp³-hybridized carbons (Fsp3) is 0.867. The summed E-state index contributed by atoms with van der Waals surface area (Å²) in [6.45, 7) is 7.46. The van der Waals surface area contributed by atoms with Crippen molar-refractivity contribution in [3.63, 3.8) is 0 Å². The van der Waals surface area contributed by atoms with Gasteiger partial charge in [-0.2, -0.15) is 8.78 Å². The van der Waals surface area contributed by atoms with Crippen molar-refractivity contribution in [3.8, 4) is 0 Å². The number of esters is 1. The fourth-order valence-electron chi connectivity index (χ4n) is 1.91. The number of amides is 1. The van der Waals surface area contributed by atoms with Gasteiger partial charge in [0.25, 0.3) is 0 Å². The number of alkyl halides is 2. The quantitative estimate of drug-likeness (QED) is 0.729. The van der Waals surface area contributed by atoms with E-state index >= 15 is 0 Å². The standard InChI is InChI=1S/C15H25F2NO4/c1-5-14(3,4)22-13(20)18-9-7-11(8-10-18)21-12(19)15(16,17)6-2/h11H,5-10H2,1-4H3. The molecule has 0 atom stereocenters. The minimum Gasteiger partial charge on any atom is -0.458 e. The van der Waals surface area contributed by atoms with Gasteiger partial charge in [-0.1, -0.05) is 13.8 Å². The molecule has 5 nitrogen and oxygen atoms in total. The number of carbonyl (C=O) groups excluding carboxylic acids is 2. The van der Waals surface area contributed by atoms with Gasteiger partial charge in [-0.25, -0.2) is 9.59 Å². The largest absolute Gasteiger partial charge is 0.458 e. The highest BCUT2D eigenvalue weighted by Crippen LogP contribution is 2.24. The molecule has 0 aliphatic carbocycles. The molecule has 0 aromatic heterocycles. The van der Waals surface area contributed by atoms with Gasteiger partial charge in [-0.05, 0) is 20.3 Å². The Kier molecular flexibility index (Phi) is 6.14. The van der Waals surface area contributed by atoms with Crippen LogP contribution in [-0.2, 0) is 14.3 Å². The lowest BCUT2D eigenvalue weighted by molar-refractivity contribution is -0.179. The molecule has 1 aliphatic rings. The monoisotopic (exact) mass is 321 g/mol. The normalized spacial score (nSPS) is 17.3. The van der Waals surface area contributed by atoms with E-state index in [4.69, 9.17) is 9.47 Å². The molecule has 1 aliphatic heterocycles. The lowest BCUT2D eigenvalue weighted by atomic mass is 10.1. The molecular formula is C15H25F2NO4. The molecule has 0 N–H and O–H groups in total. The Morgan fingerprint density at radius 3 is 2.14 bits per heavy atom. The van der Waals surface area contributed by atoms with E-state index in [0.29, 0.717) is 32.4 Å². The van der Waals surface area contributed by atoms with Gasteiger partial charge in [0.15, 0.2) is 0 Å². The molecule has 1 saturated heterocycles. The van der Waals surface area contributed by atoms with E-state index < -0.39 is 36.1 Å². The van der Waals surface area contributed by atoms with Gasteiger partial charge in [-0.15, -0.1) is 0 Å². The van der Waals surface area contributed by atoms with Crippen molar-refractivity contribution in [1.82, 2.24) is 4.90 Å².